The van der Waals surface area contributed by atoms with Gasteiger partial charge in [0.15, 0.2) is 18.9 Å². The van der Waals surface area contributed by atoms with E-state index < -0.39 is 161 Å². The van der Waals surface area contributed by atoms with Crippen LogP contribution in [0.3, 0.4) is 0 Å². The van der Waals surface area contributed by atoms with Crippen molar-refractivity contribution in [2.75, 3.05) is 33.0 Å². The molecule has 3 aliphatic heterocycles. The lowest BCUT2D eigenvalue weighted by atomic mass is 9.93. The standard InChI is InChI=1S/C29H51N3O20/c1-9(37)30-17-23(45)21(43)14(5-34)49-28(17)51-25-16(7-36)50-29(18(24(25)46)31-10(2)38)52-26-19(32-11(3)39)27(48-15(6-35)22(26)44)47-8-13(41)20(42)12(40)4-33/h12-29,33-36,40-46H,4-8H2,1-3H3,(H,30,37)(H,31,38)(H,32,39)/t12-,13+,14-,15-,16-,17-,18-,19-,20-,21-,22+,23-,24-,25+,26-,27-,28-,29-/m1/s1. The van der Waals surface area contributed by atoms with E-state index in [1.165, 1.54) is 0 Å². The zero-order valence-electron chi connectivity index (χ0n) is 28.5. The molecule has 52 heavy (non-hydrogen) atoms. The lowest BCUT2D eigenvalue weighted by Gasteiger charge is -2.50. The summed E-state index contributed by atoms with van der Waals surface area (Å²) >= 11 is 0. The van der Waals surface area contributed by atoms with E-state index >= 15 is 0 Å². The monoisotopic (exact) mass is 761 g/mol. The molecule has 0 unspecified atom stereocenters. The lowest BCUT2D eigenvalue weighted by Crippen LogP contribution is -2.71. The molecule has 0 bridgehead atoms. The third-order valence-electron chi connectivity index (χ3n) is 8.69. The molecule has 3 heterocycles. The Bertz CT molecular complexity index is 1160. The average Bonchev–Trinajstić information content (AvgIpc) is 3.09. The van der Waals surface area contributed by atoms with Gasteiger partial charge in [0.05, 0.1) is 33.0 Å². The van der Waals surface area contributed by atoms with Gasteiger partial charge in [-0.05, 0) is 0 Å². The van der Waals surface area contributed by atoms with Crippen molar-refractivity contribution in [1.29, 1.82) is 0 Å². The van der Waals surface area contributed by atoms with Crippen molar-refractivity contribution in [2.45, 2.75) is 131 Å². The number of carbonyl (C=O) groups excluding carboxylic acids is 3. The van der Waals surface area contributed by atoms with E-state index in [1.807, 2.05) is 0 Å². The number of hydrogen-bond donors (Lipinski definition) is 14. The van der Waals surface area contributed by atoms with Gasteiger partial charge < -0.3 is 101 Å². The van der Waals surface area contributed by atoms with Crippen LogP contribution in [0, 0.1) is 0 Å². The fourth-order valence-corrected chi connectivity index (χ4v) is 6.05. The summed E-state index contributed by atoms with van der Waals surface area (Å²) in [5.74, 6) is -2.15. The molecule has 23 nitrogen and oxygen atoms in total. The van der Waals surface area contributed by atoms with E-state index in [9.17, 15) is 65.4 Å². The Morgan fingerprint density at radius 2 is 1.02 bits per heavy atom. The molecule has 0 aromatic rings. The van der Waals surface area contributed by atoms with Crippen LogP contribution in [0.25, 0.3) is 0 Å². The molecule has 0 saturated carbocycles. The molecule has 0 aliphatic carbocycles. The summed E-state index contributed by atoms with van der Waals surface area (Å²) in [5, 5.41) is 120. The van der Waals surface area contributed by atoms with Crippen molar-refractivity contribution in [3.05, 3.63) is 0 Å². The maximum atomic E-state index is 12.3. The predicted octanol–water partition coefficient (Wildman–Crippen LogP) is -9.04. The minimum Gasteiger partial charge on any atom is -0.394 e. The van der Waals surface area contributed by atoms with Gasteiger partial charge in [-0.1, -0.05) is 0 Å². The van der Waals surface area contributed by atoms with Crippen LogP contribution in [0.1, 0.15) is 20.8 Å². The second-order valence-electron chi connectivity index (χ2n) is 12.7. The van der Waals surface area contributed by atoms with Gasteiger partial charge in [-0.15, -0.1) is 0 Å². The largest absolute Gasteiger partial charge is 0.394 e. The first-order chi connectivity index (χ1) is 24.5. The van der Waals surface area contributed by atoms with Gasteiger partial charge >= 0.3 is 0 Å². The SMILES string of the molecule is CC(=O)N[C@H]1[C@@H](O[C@H]2[C@@H](O)[C@@H](CO)O[C@@H](OC[C@H](O)[C@H](O)[C@H](O)CO)[C@@H]2NC(C)=O)O[C@H](CO)[C@H](O[C@H]2O[C@H](CO)[C@@H](O)[C@H](O)[C@H]2NC(C)=O)[C@@H]1O. The fraction of sp³-hybridized carbons (Fsp3) is 0.897. The maximum absolute atomic E-state index is 12.3. The second kappa shape index (κ2) is 19.9. The number of aliphatic hydroxyl groups excluding tert-OH is 11. The molecule has 302 valence electrons. The molecule has 3 fully saturated rings. The van der Waals surface area contributed by atoms with Crippen molar-refractivity contribution in [1.82, 2.24) is 16.0 Å². The molecule has 18 atom stereocenters. The van der Waals surface area contributed by atoms with Crippen LogP contribution in [0.2, 0.25) is 0 Å². The minimum absolute atomic E-state index is 0.680. The Morgan fingerprint density at radius 3 is 1.52 bits per heavy atom. The Balaban J connectivity index is 1.93. The first-order valence-electron chi connectivity index (χ1n) is 16.4. The summed E-state index contributed by atoms with van der Waals surface area (Å²) in [6.07, 6.45) is -25.4. The fourth-order valence-electron chi connectivity index (χ4n) is 6.05. The molecule has 0 aromatic carbocycles. The number of nitrogens with one attached hydrogen (secondary N) is 3. The Labute approximate surface area is 296 Å². The highest BCUT2D eigenvalue weighted by Gasteiger charge is 2.55. The number of amides is 3. The molecule has 14 N–H and O–H groups in total. The smallest absolute Gasteiger partial charge is 0.217 e. The summed E-state index contributed by atoms with van der Waals surface area (Å²) in [5.41, 5.74) is 0. The predicted molar refractivity (Wildman–Crippen MR) is 165 cm³/mol. The van der Waals surface area contributed by atoms with Gasteiger partial charge in [-0.3, -0.25) is 14.4 Å². The molecule has 0 aromatic heterocycles. The van der Waals surface area contributed by atoms with E-state index in [0.29, 0.717) is 0 Å². The Kier molecular flexibility index (Phi) is 16.9. The highest BCUT2D eigenvalue weighted by Crippen LogP contribution is 2.33. The van der Waals surface area contributed by atoms with Crippen molar-refractivity contribution >= 4 is 17.7 Å². The molecule has 0 radical (unpaired) electrons. The third kappa shape index (κ3) is 10.7. The molecular formula is C29H51N3O20. The minimum atomic E-state index is -1.88. The van der Waals surface area contributed by atoms with E-state index in [-0.39, 0.29) is 0 Å². The van der Waals surface area contributed by atoms with Crippen LogP contribution in [-0.4, -0.2) is 217 Å². The highest BCUT2D eigenvalue weighted by molar-refractivity contribution is 5.74. The van der Waals surface area contributed by atoms with Crippen LogP contribution in [0.4, 0.5) is 0 Å². The summed E-state index contributed by atoms with van der Waals surface area (Å²) in [4.78, 5) is 36.5. The molecule has 3 amide bonds. The zero-order chi connectivity index (χ0) is 39.0. The van der Waals surface area contributed by atoms with Crippen LogP contribution in [0.5, 0.6) is 0 Å². The van der Waals surface area contributed by atoms with E-state index in [0.717, 1.165) is 20.8 Å². The number of aliphatic hydroxyl groups is 11. The van der Waals surface area contributed by atoms with Crippen LogP contribution in [0.15, 0.2) is 0 Å². The second-order valence-corrected chi connectivity index (χ2v) is 12.7. The molecule has 23 heteroatoms. The van der Waals surface area contributed by atoms with Crippen LogP contribution in [-0.2, 0) is 42.8 Å². The number of hydrogen-bond acceptors (Lipinski definition) is 20. The van der Waals surface area contributed by atoms with Crippen molar-refractivity contribution in [3.8, 4) is 0 Å². The molecular weight excluding hydrogens is 710 g/mol. The van der Waals surface area contributed by atoms with Gasteiger partial charge in [0.1, 0.15) is 91.4 Å². The first-order valence-corrected chi connectivity index (χ1v) is 16.4. The van der Waals surface area contributed by atoms with Gasteiger partial charge in [-0.25, -0.2) is 0 Å². The molecule has 3 saturated heterocycles. The quantitative estimate of drug-likeness (QED) is 0.0694. The van der Waals surface area contributed by atoms with Gasteiger partial charge in [0.25, 0.3) is 0 Å². The summed E-state index contributed by atoms with van der Waals surface area (Å²) in [7, 11) is 0. The summed E-state index contributed by atoms with van der Waals surface area (Å²) in [6.45, 7) is -0.980. The number of ether oxygens (including phenoxy) is 6. The summed E-state index contributed by atoms with van der Waals surface area (Å²) < 4.78 is 34.5. The lowest BCUT2D eigenvalue weighted by molar-refractivity contribution is -0.351. The average molecular weight is 762 g/mol. The van der Waals surface area contributed by atoms with Crippen LogP contribution >= 0.6 is 0 Å². The topological polar surface area (TPSA) is 365 Å². The Hall–Kier alpha value is -2.27. The normalized spacial score (nSPS) is 39.9. The van der Waals surface area contributed by atoms with Crippen molar-refractivity contribution in [2.24, 2.45) is 0 Å². The third-order valence-corrected chi connectivity index (χ3v) is 8.69. The number of rotatable bonds is 16. The molecule has 0 spiro atoms. The van der Waals surface area contributed by atoms with E-state index in [1.54, 1.807) is 0 Å². The zero-order valence-corrected chi connectivity index (χ0v) is 28.5. The van der Waals surface area contributed by atoms with Crippen LogP contribution < -0.4 is 16.0 Å². The van der Waals surface area contributed by atoms with E-state index in [4.69, 9.17) is 33.5 Å². The van der Waals surface area contributed by atoms with Gasteiger partial charge in [-0.2, -0.15) is 0 Å². The molecule has 3 aliphatic rings. The molecule has 3 rings (SSSR count). The number of carbonyl (C=O) groups is 3. The summed E-state index contributed by atoms with van der Waals surface area (Å²) in [6, 6.07) is -4.57. The maximum Gasteiger partial charge on any atom is 0.217 e. The van der Waals surface area contributed by atoms with E-state index in [2.05, 4.69) is 16.0 Å². The first kappa shape index (κ1) is 44.1. The Morgan fingerprint density at radius 1 is 0.577 bits per heavy atom. The van der Waals surface area contributed by atoms with Crippen molar-refractivity contribution in [3.63, 3.8) is 0 Å². The highest BCUT2D eigenvalue weighted by atomic mass is 16.7. The van der Waals surface area contributed by atoms with Gasteiger partial charge in [0.2, 0.25) is 17.7 Å². The van der Waals surface area contributed by atoms with Crippen molar-refractivity contribution < 1.29 is 99.0 Å². The van der Waals surface area contributed by atoms with Gasteiger partial charge in [0, 0.05) is 20.8 Å².